The highest BCUT2D eigenvalue weighted by Gasteiger charge is 2.20. The minimum Gasteiger partial charge on any atom is -0.487 e. The number of benzene rings is 2. The summed E-state index contributed by atoms with van der Waals surface area (Å²) in [5.41, 5.74) is 4.88. The van der Waals surface area contributed by atoms with E-state index in [1.54, 1.807) is 55.8 Å². The number of amides is 3. The highest BCUT2D eigenvalue weighted by molar-refractivity contribution is 6.38. The maximum atomic E-state index is 13.0. The number of carbonyl (C=O) groups excluding carboxylic acids is 3. The van der Waals surface area contributed by atoms with Crippen molar-refractivity contribution in [3.05, 3.63) is 118 Å². The number of rotatable bonds is 11. The Morgan fingerprint density at radius 1 is 0.959 bits per heavy atom. The van der Waals surface area contributed by atoms with Gasteiger partial charge >= 0.3 is 0 Å². The molecule has 0 unspecified atom stereocenters. The van der Waals surface area contributed by atoms with E-state index in [9.17, 15) is 14.4 Å². The van der Waals surface area contributed by atoms with Gasteiger partial charge in [0, 0.05) is 78.9 Å². The van der Waals surface area contributed by atoms with Crippen molar-refractivity contribution in [1.82, 2.24) is 20.3 Å². The van der Waals surface area contributed by atoms with Crippen LogP contribution < -0.4 is 25.2 Å². The number of aromatic nitrogens is 3. The first-order chi connectivity index (χ1) is 23.5. The molecule has 2 aromatic carbocycles. The second-order valence-corrected chi connectivity index (χ2v) is 11.9. The van der Waals surface area contributed by atoms with Crippen LogP contribution in [0.25, 0.3) is 17.0 Å². The number of hydrogen-bond acceptors (Lipinski definition) is 8. The Bertz CT molecular complexity index is 2040. The topological polar surface area (TPSA) is 130 Å². The molecule has 0 saturated heterocycles. The zero-order valence-corrected chi connectivity index (χ0v) is 28.7. The van der Waals surface area contributed by atoms with Gasteiger partial charge in [0.1, 0.15) is 23.6 Å². The molecule has 5 aromatic rings. The van der Waals surface area contributed by atoms with Gasteiger partial charge in [-0.25, -0.2) is 4.98 Å². The molecule has 0 aliphatic rings. The van der Waals surface area contributed by atoms with Crippen LogP contribution >= 0.6 is 23.2 Å². The first-order valence-corrected chi connectivity index (χ1v) is 15.8. The number of ether oxygens (including phenoxy) is 1. The normalized spacial score (nSPS) is 11.0. The lowest BCUT2D eigenvalue weighted by Crippen LogP contribution is -2.37. The van der Waals surface area contributed by atoms with Gasteiger partial charge in [0.2, 0.25) is 11.8 Å². The standard InChI is InChI=1S/C36H33Cl2N7O4/c1-22-18-30(44(2)3)25-6-5-7-31(35(25)42-22)49-21-26-27(37)10-12-29(34(26)38)45(4)33(47)20-41-32(46)13-9-23-8-11-28(40-19-23)36(48)43-24-14-16-39-17-15-24/h5-19H,20-21H2,1-4H3,(H,41,46)(H,39,43,48). The zero-order valence-electron chi connectivity index (χ0n) is 27.2. The number of pyridine rings is 3. The average Bonchev–Trinajstić information content (AvgIpc) is 3.09. The lowest BCUT2D eigenvalue weighted by Gasteiger charge is -2.21. The Hall–Kier alpha value is -5.52. The van der Waals surface area contributed by atoms with Gasteiger partial charge in [0.05, 0.1) is 17.3 Å². The first-order valence-electron chi connectivity index (χ1n) is 15.1. The van der Waals surface area contributed by atoms with E-state index in [4.69, 9.17) is 32.9 Å². The fourth-order valence-corrected chi connectivity index (χ4v) is 5.46. The maximum Gasteiger partial charge on any atom is 0.274 e. The van der Waals surface area contributed by atoms with Crippen LogP contribution in [0.2, 0.25) is 10.0 Å². The van der Waals surface area contributed by atoms with Gasteiger partial charge < -0.3 is 25.2 Å². The van der Waals surface area contributed by atoms with E-state index in [0.717, 1.165) is 16.8 Å². The first kappa shape index (κ1) is 34.8. The predicted molar refractivity (Wildman–Crippen MR) is 193 cm³/mol. The summed E-state index contributed by atoms with van der Waals surface area (Å²) in [6.07, 6.45) is 7.40. The number of nitrogens with one attached hydrogen (secondary N) is 2. The quantitative estimate of drug-likeness (QED) is 0.153. The SMILES string of the molecule is Cc1cc(N(C)C)c2cccc(OCc3c(Cl)ccc(N(C)C(=O)CNC(=O)C=Cc4ccc(C(=O)Nc5ccncc5)nc4)c3Cl)c2n1. The Balaban J connectivity index is 1.19. The summed E-state index contributed by atoms with van der Waals surface area (Å²) in [7, 11) is 5.50. The molecule has 0 atom stereocenters. The summed E-state index contributed by atoms with van der Waals surface area (Å²) in [6, 6.07) is 17.5. The number of nitrogens with zero attached hydrogens (tertiary/aromatic N) is 5. The molecule has 0 spiro atoms. The second kappa shape index (κ2) is 15.6. The molecule has 0 fully saturated rings. The molecule has 0 saturated carbocycles. The molecule has 3 amide bonds. The summed E-state index contributed by atoms with van der Waals surface area (Å²) in [6.45, 7) is 1.68. The molecule has 0 aliphatic heterocycles. The largest absolute Gasteiger partial charge is 0.487 e. The van der Waals surface area contributed by atoms with Crippen molar-refractivity contribution in [1.29, 1.82) is 0 Å². The smallest absolute Gasteiger partial charge is 0.274 e. The minimum absolute atomic E-state index is 0.0341. The van der Waals surface area contributed by atoms with Crippen molar-refractivity contribution in [2.24, 2.45) is 0 Å². The van der Waals surface area contributed by atoms with Crippen LogP contribution in [0.3, 0.4) is 0 Å². The van der Waals surface area contributed by atoms with E-state index in [1.165, 1.54) is 23.2 Å². The summed E-state index contributed by atoms with van der Waals surface area (Å²) in [5, 5.41) is 6.87. The van der Waals surface area contributed by atoms with Crippen molar-refractivity contribution in [2.45, 2.75) is 13.5 Å². The highest BCUT2D eigenvalue weighted by atomic mass is 35.5. The van der Waals surface area contributed by atoms with E-state index >= 15 is 0 Å². The minimum atomic E-state index is -0.492. The van der Waals surface area contributed by atoms with Crippen molar-refractivity contribution >= 4 is 75.0 Å². The van der Waals surface area contributed by atoms with Crippen molar-refractivity contribution in [2.75, 3.05) is 42.8 Å². The van der Waals surface area contributed by atoms with E-state index < -0.39 is 11.8 Å². The van der Waals surface area contributed by atoms with Gasteiger partial charge in [0.25, 0.3) is 5.91 Å². The van der Waals surface area contributed by atoms with Crippen LogP contribution in [0.1, 0.15) is 27.3 Å². The molecule has 5 rings (SSSR count). The summed E-state index contributed by atoms with van der Waals surface area (Å²) in [4.78, 5) is 54.1. The number of carbonyl (C=O) groups is 3. The Morgan fingerprint density at radius 2 is 1.73 bits per heavy atom. The highest BCUT2D eigenvalue weighted by Crippen LogP contribution is 2.36. The molecule has 11 nitrogen and oxygen atoms in total. The monoisotopic (exact) mass is 697 g/mol. The van der Waals surface area contributed by atoms with Crippen LogP contribution in [-0.2, 0) is 16.2 Å². The van der Waals surface area contributed by atoms with Crippen LogP contribution in [0.5, 0.6) is 5.75 Å². The molecule has 250 valence electrons. The van der Waals surface area contributed by atoms with Crippen molar-refractivity contribution < 1.29 is 19.1 Å². The molecular weight excluding hydrogens is 665 g/mol. The van der Waals surface area contributed by atoms with E-state index in [0.29, 0.717) is 38.8 Å². The summed E-state index contributed by atoms with van der Waals surface area (Å²) >= 11 is 13.3. The molecule has 3 heterocycles. The number of likely N-dealkylation sites (N-methyl/N-ethyl adjacent to an activating group) is 1. The van der Waals surface area contributed by atoms with Gasteiger partial charge in [-0.3, -0.25) is 24.4 Å². The molecule has 0 radical (unpaired) electrons. The summed E-state index contributed by atoms with van der Waals surface area (Å²) in [5.74, 6) is -0.707. The lowest BCUT2D eigenvalue weighted by atomic mass is 10.1. The predicted octanol–water partition coefficient (Wildman–Crippen LogP) is 6.33. The molecule has 3 aromatic heterocycles. The number of aryl methyl sites for hydroxylation is 1. The maximum absolute atomic E-state index is 13.0. The zero-order chi connectivity index (χ0) is 35.1. The van der Waals surface area contributed by atoms with Crippen LogP contribution in [0.15, 0.2) is 85.3 Å². The molecule has 13 heteroatoms. The van der Waals surface area contributed by atoms with Crippen LogP contribution in [0.4, 0.5) is 17.1 Å². The third kappa shape index (κ3) is 8.50. The van der Waals surface area contributed by atoms with Gasteiger partial charge in [0.15, 0.2) is 0 Å². The van der Waals surface area contributed by atoms with Gasteiger partial charge in [-0.1, -0.05) is 41.4 Å². The number of halogens is 2. The fraction of sp³-hybridized carbons (Fsp3) is 0.167. The third-order valence-corrected chi connectivity index (χ3v) is 8.24. The lowest BCUT2D eigenvalue weighted by molar-refractivity contribution is -0.122. The van der Waals surface area contributed by atoms with Crippen molar-refractivity contribution in [3.8, 4) is 5.75 Å². The Kier molecular flexibility index (Phi) is 11.1. The van der Waals surface area contributed by atoms with E-state index in [2.05, 4.69) is 20.6 Å². The third-order valence-electron chi connectivity index (χ3n) is 7.46. The average molecular weight is 699 g/mol. The summed E-state index contributed by atoms with van der Waals surface area (Å²) < 4.78 is 6.19. The molecule has 49 heavy (non-hydrogen) atoms. The molecule has 2 N–H and O–H groups in total. The van der Waals surface area contributed by atoms with Gasteiger partial charge in [-0.15, -0.1) is 0 Å². The van der Waals surface area contributed by atoms with Crippen LogP contribution in [0, 0.1) is 6.92 Å². The van der Waals surface area contributed by atoms with E-state index in [-0.39, 0.29) is 29.8 Å². The van der Waals surface area contributed by atoms with E-state index in [1.807, 2.05) is 50.2 Å². The van der Waals surface area contributed by atoms with Crippen molar-refractivity contribution in [3.63, 3.8) is 0 Å². The van der Waals surface area contributed by atoms with Crippen LogP contribution in [-0.4, -0.2) is 60.4 Å². The molecule has 0 aliphatic carbocycles. The van der Waals surface area contributed by atoms with Gasteiger partial charge in [-0.05, 0) is 61.0 Å². The fourth-order valence-electron chi connectivity index (χ4n) is 4.86. The second-order valence-electron chi connectivity index (χ2n) is 11.1. The van der Waals surface area contributed by atoms with Gasteiger partial charge in [-0.2, -0.15) is 0 Å². The molecular formula is C36H33Cl2N7O4. The number of anilines is 3. The number of fused-ring (bicyclic) bond motifs is 1. The Labute approximate surface area is 293 Å². The number of para-hydroxylation sites is 1. The molecule has 0 bridgehead atoms. The Morgan fingerprint density at radius 3 is 2.45 bits per heavy atom. The number of hydrogen-bond donors (Lipinski definition) is 2.